The summed E-state index contributed by atoms with van der Waals surface area (Å²) in [5.74, 6) is 2.42. The van der Waals surface area contributed by atoms with Gasteiger partial charge in [-0.25, -0.2) is 0 Å². The molecule has 0 aliphatic rings. The molecule has 0 aliphatic heterocycles. The van der Waals surface area contributed by atoms with E-state index in [1.807, 2.05) is 0 Å². The zero-order chi connectivity index (χ0) is 14.8. The van der Waals surface area contributed by atoms with Gasteiger partial charge < -0.3 is 0 Å². The Morgan fingerprint density at radius 1 is 0.762 bits per heavy atom. The summed E-state index contributed by atoms with van der Waals surface area (Å²) in [5.41, 5.74) is 0. The molecule has 1 unspecified atom stereocenters. The molecule has 1 aromatic carbocycles. The van der Waals surface area contributed by atoms with Crippen LogP contribution in [0.5, 0.6) is 0 Å². The number of aryl methyl sites for hydroxylation is 1. The highest BCUT2D eigenvalue weighted by Gasteiger charge is 2.01. The quantitative estimate of drug-likeness (QED) is 0.381. The van der Waals surface area contributed by atoms with Crippen LogP contribution in [0.1, 0.15) is 76.4 Å². The van der Waals surface area contributed by atoms with Gasteiger partial charge >= 0.3 is 0 Å². The molecule has 1 heterocycles. The van der Waals surface area contributed by atoms with Crippen molar-refractivity contribution in [2.24, 2.45) is 0 Å². The highest BCUT2D eigenvalue weighted by atomic mass is 31.0. The summed E-state index contributed by atoms with van der Waals surface area (Å²) in [5, 5.41) is 4.70. The van der Waals surface area contributed by atoms with E-state index >= 15 is 0 Å². The van der Waals surface area contributed by atoms with Crippen LogP contribution in [0.4, 0.5) is 0 Å². The third-order valence-corrected chi connectivity index (χ3v) is 5.79. The van der Waals surface area contributed by atoms with E-state index in [4.69, 9.17) is 0 Å². The second-order valence-corrected chi connectivity index (χ2v) is 7.47. The number of fused-ring (bicyclic) bond motifs is 1. The van der Waals surface area contributed by atoms with Crippen LogP contribution in [0.15, 0.2) is 30.1 Å². The van der Waals surface area contributed by atoms with Crippen LogP contribution in [0.25, 0.3) is 10.8 Å². The first-order valence-corrected chi connectivity index (χ1v) is 10.0. The molecule has 0 radical (unpaired) electrons. The molecule has 0 saturated heterocycles. The highest BCUT2D eigenvalue weighted by Crippen LogP contribution is 2.30. The smallest absolute Gasteiger partial charge is 0.0112 e. The molecule has 1 aromatic heterocycles. The lowest BCUT2D eigenvalue weighted by Gasteiger charge is -2.03. The summed E-state index contributed by atoms with van der Waals surface area (Å²) in [7, 11) is 0.941. The van der Waals surface area contributed by atoms with Gasteiger partial charge in [-0.1, -0.05) is 89.0 Å². The fraction of sp³-hybridized carbons (Fsp3) is 0.600. The Morgan fingerprint density at radius 2 is 1.38 bits per heavy atom. The maximum atomic E-state index is 2.42. The van der Waals surface area contributed by atoms with Crippen LogP contribution in [-0.4, -0.2) is 0 Å². The van der Waals surface area contributed by atoms with Gasteiger partial charge in [0.05, 0.1) is 0 Å². The van der Waals surface area contributed by atoms with E-state index < -0.39 is 0 Å². The standard InChI is InChI=1S/C20H31P/c1-2-3-4-5-6-7-8-9-10-11-16-20-19-15-13-12-14-18(19)17-21-20/h12-15,17,21H,2-11,16H2,1H3. The van der Waals surface area contributed by atoms with Crippen molar-refractivity contribution in [2.45, 2.75) is 77.6 Å². The Kier molecular flexibility index (Phi) is 7.97. The van der Waals surface area contributed by atoms with Gasteiger partial charge in [0.1, 0.15) is 0 Å². The summed E-state index contributed by atoms with van der Waals surface area (Å²) < 4.78 is 0. The number of hydrogen-bond acceptors (Lipinski definition) is 0. The van der Waals surface area contributed by atoms with Crippen LogP contribution in [0.2, 0.25) is 0 Å². The van der Waals surface area contributed by atoms with Crippen molar-refractivity contribution in [3.63, 3.8) is 0 Å². The number of rotatable bonds is 11. The van der Waals surface area contributed by atoms with Crippen LogP contribution >= 0.6 is 8.19 Å². The molecule has 0 nitrogen and oxygen atoms in total. The van der Waals surface area contributed by atoms with E-state index in [-0.39, 0.29) is 0 Å². The average Bonchev–Trinajstić information content (AvgIpc) is 2.92. The average molecular weight is 302 g/mol. The van der Waals surface area contributed by atoms with Gasteiger partial charge in [-0.15, -0.1) is 8.19 Å². The first-order valence-electron chi connectivity index (χ1n) is 8.97. The minimum absolute atomic E-state index is 0.941. The topological polar surface area (TPSA) is 0 Å². The van der Waals surface area contributed by atoms with Gasteiger partial charge in [0.15, 0.2) is 0 Å². The molecule has 0 amide bonds. The van der Waals surface area contributed by atoms with Gasteiger partial charge in [-0.05, 0) is 34.7 Å². The highest BCUT2D eigenvalue weighted by molar-refractivity contribution is 7.31. The maximum Gasteiger partial charge on any atom is -0.0112 e. The summed E-state index contributed by atoms with van der Waals surface area (Å²) >= 11 is 0. The van der Waals surface area contributed by atoms with Crippen molar-refractivity contribution in [1.82, 2.24) is 0 Å². The van der Waals surface area contributed by atoms with Crippen LogP contribution < -0.4 is 0 Å². The monoisotopic (exact) mass is 302 g/mol. The summed E-state index contributed by atoms with van der Waals surface area (Å²) in [6.07, 6.45) is 15.6. The van der Waals surface area contributed by atoms with Crippen LogP contribution in [0, 0.1) is 0 Å². The molecule has 116 valence electrons. The van der Waals surface area contributed by atoms with E-state index in [1.165, 1.54) is 81.4 Å². The summed E-state index contributed by atoms with van der Waals surface area (Å²) in [6, 6.07) is 8.90. The van der Waals surface area contributed by atoms with Gasteiger partial charge in [0.25, 0.3) is 0 Å². The molecule has 1 atom stereocenters. The van der Waals surface area contributed by atoms with Gasteiger partial charge in [0, 0.05) is 0 Å². The van der Waals surface area contributed by atoms with Crippen molar-refractivity contribution < 1.29 is 0 Å². The molecule has 0 N–H and O–H groups in total. The Balaban J connectivity index is 1.52. The lowest BCUT2D eigenvalue weighted by Crippen LogP contribution is -1.84. The molecular weight excluding hydrogens is 271 g/mol. The minimum atomic E-state index is 0.941. The molecule has 2 rings (SSSR count). The molecule has 0 bridgehead atoms. The van der Waals surface area contributed by atoms with E-state index in [9.17, 15) is 0 Å². The van der Waals surface area contributed by atoms with E-state index in [2.05, 4.69) is 37.0 Å². The van der Waals surface area contributed by atoms with Crippen molar-refractivity contribution in [1.29, 1.82) is 0 Å². The lowest BCUT2D eigenvalue weighted by atomic mass is 10.0. The number of benzene rings is 1. The van der Waals surface area contributed by atoms with Crippen molar-refractivity contribution in [3.05, 3.63) is 35.4 Å². The first kappa shape index (κ1) is 16.6. The third kappa shape index (κ3) is 5.87. The molecule has 0 spiro atoms. The number of hydrogen-bond donors (Lipinski definition) is 0. The Labute approximate surface area is 132 Å². The van der Waals surface area contributed by atoms with Gasteiger partial charge in [0.2, 0.25) is 0 Å². The molecular formula is C20H31P. The normalized spacial score (nSPS) is 11.7. The summed E-state index contributed by atoms with van der Waals surface area (Å²) in [6.45, 7) is 2.29. The second kappa shape index (κ2) is 10.1. The van der Waals surface area contributed by atoms with Gasteiger partial charge in [-0.2, -0.15) is 0 Å². The Hall–Kier alpha value is -0.740. The third-order valence-electron chi connectivity index (χ3n) is 4.47. The fourth-order valence-electron chi connectivity index (χ4n) is 3.14. The Morgan fingerprint density at radius 3 is 2.10 bits per heavy atom. The maximum absolute atomic E-state index is 2.42. The van der Waals surface area contributed by atoms with Crippen molar-refractivity contribution in [2.75, 3.05) is 0 Å². The van der Waals surface area contributed by atoms with Crippen molar-refractivity contribution >= 4 is 19.0 Å². The van der Waals surface area contributed by atoms with E-state index in [1.54, 1.807) is 5.30 Å². The van der Waals surface area contributed by atoms with E-state index in [0.717, 1.165) is 8.19 Å². The molecule has 2 aromatic rings. The largest absolute Gasteiger partial charge is 0.135 e. The zero-order valence-corrected chi connectivity index (χ0v) is 14.7. The predicted octanol–water partition coefficient (Wildman–Crippen LogP) is 7.33. The SMILES string of the molecule is CCCCCCCCCCCCc1[pH]cc2ccccc12. The molecule has 0 fully saturated rings. The second-order valence-electron chi connectivity index (χ2n) is 6.29. The lowest BCUT2D eigenvalue weighted by molar-refractivity contribution is 0.557. The fourth-order valence-corrected chi connectivity index (χ4v) is 4.42. The first-order chi connectivity index (χ1) is 10.4. The Bertz CT molecular complexity index is 497. The number of unbranched alkanes of at least 4 members (excludes halogenated alkanes) is 9. The molecule has 0 saturated carbocycles. The molecule has 0 aliphatic carbocycles. The van der Waals surface area contributed by atoms with Gasteiger partial charge in [-0.3, -0.25) is 0 Å². The zero-order valence-electron chi connectivity index (χ0n) is 13.7. The van der Waals surface area contributed by atoms with E-state index in [0.29, 0.717) is 0 Å². The van der Waals surface area contributed by atoms with Crippen LogP contribution in [-0.2, 0) is 6.42 Å². The van der Waals surface area contributed by atoms with Crippen LogP contribution in [0.3, 0.4) is 0 Å². The van der Waals surface area contributed by atoms with Crippen molar-refractivity contribution in [3.8, 4) is 0 Å². The molecule has 21 heavy (non-hydrogen) atoms. The summed E-state index contributed by atoms with van der Waals surface area (Å²) in [4.78, 5) is 0. The minimum Gasteiger partial charge on any atom is -0.135 e. The molecule has 1 heteroatoms. The predicted molar refractivity (Wildman–Crippen MR) is 99.0 cm³/mol.